The van der Waals surface area contributed by atoms with Gasteiger partial charge in [0, 0.05) is 11.5 Å². The summed E-state index contributed by atoms with van der Waals surface area (Å²) in [7, 11) is 0. The average Bonchev–Trinajstić information content (AvgIpc) is 3.52. The quantitative estimate of drug-likeness (QED) is 0.769. The van der Waals surface area contributed by atoms with Gasteiger partial charge < -0.3 is 9.47 Å². The number of ether oxygens (including phenoxy) is 2. The minimum Gasteiger partial charge on any atom is -0.486 e. The Morgan fingerprint density at radius 1 is 0.931 bits per heavy atom. The summed E-state index contributed by atoms with van der Waals surface area (Å²) in [4.78, 5) is 24.5. The highest BCUT2D eigenvalue weighted by Crippen LogP contribution is 2.47. The monoisotopic (exact) mass is 406 g/mol. The Hall–Kier alpha value is -3.23. The average molecular weight is 406 g/mol. The standard InChI is InChI=1S/C20H17F3N2O4/c21-20(22,23)13-4-1-11(2-5-13)14-10-15(14)19(27)25-24-18(26)12-3-6-16-17(9-12)29-8-7-28-16/h1-6,9,14-15H,7-8,10H2,(H,24,26)(H,25,27). The Morgan fingerprint density at radius 2 is 1.62 bits per heavy atom. The zero-order valence-electron chi connectivity index (χ0n) is 15.1. The van der Waals surface area contributed by atoms with E-state index in [9.17, 15) is 22.8 Å². The van der Waals surface area contributed by atoms with Gasteiger partial charge in [0.1, 0.15) is 13.2 Å². The molecule has 0 aromatic heterocycles. The molecule has 1 saturated carbocycles. The zero-order valence-corrected chi connectivity index (χ0v) is 15.1. The summed E-state index contributed by atoms with van der Waals surface area (Å²) in [5.41, 5.74) is 4.94. The summed E-state index contributed by atoms with van der Waals surface area (Å²) in [6, 6.07) is 9.48. The molecule has 2 atom stereocenters. The Bertz CT molecular complexity index is 944. The number of hydrogen-bond donors (Lipinski definition) is 2. The first-order valence-corrected chi connectivity index (χ1v) is 9.00. The van der Waals surface area contributed by atoms with E-state index in [1.807, 2.05) is 0 Å². The summed E-state index contributed by atoms with van der Waals surface area (Å²) >= 11 is 0. The first-order chi connectivity index (χ1) is 13.8. The maximum atomic E-state index is 12.6. The molecule has 0 saturated heterocycles. The number of rotatable bonds is 3. The van der Waals surface area contributed by atoms with E-state index in [2.05, 4.69) is 10.9 Å². The molecule has 1 heterocycles. The number of hydrogen-bond acceptors (Lipinski definition) is 4. The Balaban J connectivity index is 1.31. The largest absolute Gasteiger partial charge is 0.486 e. The normalized spacial score (nSPS) is 20.0. The van der Waals surface area contributed by atoms with E-state index in [0.29, 0.717) is 42.3 Å². The van der Waals surface area contributed by atoms with Crippen LogP contribution in [0.5, 0.6) is 11.5 Å². The van der Waals surface area contributed by atoms with E-state index in [1.165, 1.54) is 18.2 Å². The van der Waals surface area contributed by atoms with Gasteiger partial charge in [-0.3, -0.25) is 20.4 Å². The highest BCUT2D eigenvalue weighted by atomic mass is 19.4. The van der Waals surface area contributed by atoms with Crippen LogP contribution in [0.4, 0.5) is 13.2 Å². The van der Waals surface area contributed by atoms with Crippen molar-refractivity contribution in [2.24, 2.45) is 5.92 Å². The fourth-order valence-electron chi connectivity index (χ4n) is 3.24. The topological polar surface area (TPSA) is 76.7 Å². The number of carbonyl (C=O) groups is 2. The van der Waals surface area contributed by atoms with Gasteiger partial charge in [0.05, 0.1) is 5.56 Å². The highest BCUT2D eigenvalue weighted by molar-refractivity contribution is 5.96. The molecule has 2 aromatic carbocycles. The van der Waals surface area contributed by atoms with Crippen molar-refractivity contribution in [3.05, 3.63) is 59.2 Å². The molecule has 9 heteroatoms. The molecule has 0 bridgehead atoms. The van der Waals surface area contributed by atoms with Crippen molar-refractivity contribution in [2.45, 2.75) is 18.5 Å². The highest BCUT2D eigenvalue weighted by Gasteiger charge is 2.44. The van der Waals surface area contributed by atoms with Crippen molar-refractivity contribution >= 4 is 11.8 Å². The molecule has 0 radical (unpaired) electrons. The Morgan fingerprint density at radius 3 is 2.31 bits per heavy atom. The minimum atomic E-state index is -4.39. The molecule has 1 aliphatic carbocycles. The minimum absolute atomic E-state index is 0.163. The fraction of sp³-hybridized carbons (Fsp3) is 0.300. The number of nitrogens with one attached hydrogen (secondary N) is 2. The SMILES string of the molecule is O=C(NNC(=O)C1CC1c1ccc(C(F)(F)F)cc1)c1ccc2c(c1)OCCO2. The third-order valence-electron chi connectivity index (χ3n) is 4.90. The lowest BCUT2D eigenvalue weighted by Gasteiger charge is -2.18. The summed E-state index contributed by atoms with van der Waals surface area (Å²) in [5, 5.41) is 0. The molecule has 2 unspecified atom stereocenters. The van der Waals surface area contributed by atoms with Crippen LogP contribution in [0.1, 0.15) is 33.8 Å². The molecule has 152 valence electrons. The lowest BCUT2D eigenvalue weighted by molar-refractivity contribution is -0.137. The summed E-state index contributed by atoms with van der Waals surface area (Å²) < 4.78 is 48.7. The van der Waals surface area contributed by atoms with E-state index in [0.717, 1.165) is 12.1 Å². The summed E-state index contributed by atoms with van der Waals surface area (Å²) in [5.74, 6) is -0.451. The van der Waals surface area contributed by atoms with Crippen LogP contribution in [0.3, 0.4) is 0 Å². The fourth-order valence-corrected chi connectivity index (χ4v) is 3.24. The van der Waals surface area contributed by atoms with Gasteiger partial charge in [-0.05, 0) is 48.2 Å². The third kappa shape index (κ3) is 4.13. The van der Waals surface area contributed by atoms with Crippen LogP contribution in [-0.2, 0) is 11.0 Å². The van der Waals surface area contributed by atoms with Crippen LogP contribution in [0.15, 0.2) is 42.5 Å². The van der Waals surface area contributed by atoms with Crippen LogP contribution in [0.2, 0.25) is 0 Å². The van der Waals surface area contributed by atoms with Crippen LogP contribution in [0.25, 0.3) is 0 Å². The van der Waals surface area contributed by atoms with E-state index < -0.39 is 23.6 Å². The predicted octanol–water partition coefficient (Wildman–Crippen LogP) is 3.04. The second-order valence-electron chi connectivity index (χ2n) is 6.87. The number of alkyl halides is 3. The molecule has 29 heavy (non-hydrogen) atoms. The second-order valence-corrected chi connectivity index (χ2v) is 6.87. The maximum Gasteiger partial charge on any atom is 0.416 e. The smallest absolute Gasteiger partial charge is 0.416 e. The molecule has 2 aromatic rings. The van der Waals surface area contributed by atoms with Gasteiger partial charge in [-0.15, -0.1) is 0 Å². The third-order valence-corrected chi connectivity index (χ3v) is 4.90. The van der Waals surface area contributed by atoms with Crippen molar-refractivity contribution in [2.75, 3.05) is 13.2 Å². The molecular formula is C20H17F3N2O4. The molecule has 2 N–H and O–H groups in total. The maximum absolute atomic E-state index is 12.6. The number of halogens is 3. The molecule has 1 aliphatic heterocycles. The van der Waals surface area contributed by atoms with E-state index >= 15 is 0 Å². The van der Waals surface area contributed by atoms with E-state index in [4.69, 9.17) is 9.47 Å². The van der Waals surface area contributed by atoms with Crippen molar-refractivity contribution in [3.63, 3.8) is 0 Å². The summed E-state index contributed by atoms with van der Waals surface area (Å²) in [6.07, 6.45) is -3.88. The van der Waals surface area contributed by atoms with Gasteiger partial charge in [0.2, 0.25) is 5.91 Å². The number of fused-ring (bicyclic) bond motifs is 1. The van der Waals surface area contributed by atoms with Crippen molar-refractivity contribution in [1.29, 1.82) is 0 Å². The number of benzene rings is 2. The van der Waals surface area contributed by atoms with E-state index in [1.54, 1.807) is 12.1 Å². The molecular weight excluding hydrogens is 389 g/mol. The van der Waals surface area contributed by atoms with Gasteiger partial charge in [0.25, 0.3) is 5.91 Å². The summed E-state index contributed by atoms with van der Waals surface area (Å²) in [6.45, 7) is 0.831. The molecule has 4 rings (SSSR count). The molecule has 0 spiro atoms. The van der Waals surface area contributed by atoms with Gasteiger partial charge in [-0.1, -0.05) is 12.1 Å². The van der Waals surface area contributed by atoms with Crippen LogP contribution < -0.4 is 20.3 Å². The first kappa shape index (κ1) is 19.1. The van der Waals surface area contributed by atoms with Crippen molar-refractivity contribution in [3.8, 4) is 11.5 Å². The van der Waals surface area contributed by atoms with Gasteiger partial charge in [-0.25, -0.2) is 0 Å². The Kier molecular flexibility index (Phi) is 4.81. The van der Waals surface area contributed by atoms with Gasteiger partial charge in [-0.2, -0.15) is 13.2 Å². The molecule has 6 nitrogen and oxygen atoms in total. The Labute approximate surface area is 164 Å². The second kappa shape index (κ2) is 7.31. The van der Waals surface area contributed by atoms with Gasteiger partial charge in [0.15, 0.2) is 11.5 Å². The molecule has 1 fully saturated rings. The lowest BCUT2D eigenvalue weighted by Crippen LogP contribution is -2.42. The predicted molar refractivity (Wildman–Crippen MR) is 95.3 cm³/mol. The first-order valence-electron chi connectivity index (χ1n) is 9.00. The molecule has 2 aliphatic rings. The lowest BCUT2D eigenvalue weighted by atomic mass is 10.1. The zero-order chi connectivity index (χ0) is 20.6. The van der Waals surface area contributed by atoms with Crippen LogP contribution in [0, 0.1) is 5.92 Å². The van der Waals surface area contributed by atoms with Crippen LogP contribution in [-0.4, -0.2) is 25.0 Å². The number of carbonyl (C=O) groups excluding carboxylic acids is 2. The van der Waals surface area contributed by atoms with E-state index in [-0.39, 0.29) is 11.8 Å². The van der Waals surface area contributed by atoms with Crippen molar-refractivity contribution < 1.29 is 32.2 Å². The van der Waals surface area contributed by atoms with Gasteiger partial charge >= 0.3 is 6.18 Å². The van der Waals surface area contributed by atoms with Crippen molar-refractivity contribution in [1.82, 2.24) is 10.9 Å². The number of amides is 2. The number of hydrazine groups is 1. The van der Waals surface area contributed by atoms with Crippen LogP contribution >= 0.6 is 0 Å². The molecule has 2 amide bonds.